The summed E-state index contributed by atoms with van der Waals surface area (Å²) in [6.07, 6.45) is 0. The zero-order valence-electron chi connectivity index (χ0n) is 15.6. The molecule has 0 saturated carbocycles. The molecule has 0 spiro atoms. The van der Waals surface area contributed by atoms with Crippen LogP contribution in [0.5, 0.6) is 0 Å². The lowest BCUT2D eigenvalue weighted by Crippen LogP contribution is -2.15. The minimum absolute atomic E-state index is 0.0624. The summed E-state index contributed by atoms with van der Waals surface area (Å²) in [5, 5.41) is 16.7. The first kappa shape index (κ1) is 18.2. The first-order chi connectivity index (χ1) is 13.6. The van der Waals surface area contributed by atoms with Gasteiger partial charge in [-0.2, -0.15) is 9.61 Å². The summed E-state index contributed by atoms with van der Waals surface area (Å²) in [5.41, 5.74) is 4.61. The van der Waals surface area contributed by atoms with Gasteiger partial charge >= 0.3 is 0 Å². The van der Waals surface area contributed by atoms with E-state index in [2.05, 4.69) is 20.6 Å². The molecule has 6 nitrogen and oxygen atoms in total. The highest BCUT2D eigenvalue weighted by Crippen LogP contribution is 2.21. The van der Waals surface area contributed by atoms with Crippen molar-refractivity contribution < 1.29 is 4.79 Å². The minimum atomic E-state index is -0.0624. The molecule has 0 unspecified atom stereocenters. The second-order valence-corrected chi connectivity index (χ2v) is 7.48. The lowest BCUT2D eigenvalue weighted by molar-refractivity contribution is -0.113. The summed E-state index contributed by atoms with van der Waals surface area (Å²) >= 11 is 1.38. The minimum Gasteiger partial charge on any atom is -0.325 e. The van der Waals surface area contributed by atoms with Gasteiger partial charge in [-0.1, -0.05) is 54.2 Å². The van der Waals surface area contributed by atoms with E-state index in [0.29, 0.717) is 11.5 Å². The second kappa shape index (κ2) is 7.82. The number of rotatable bonds is 5. The Morgan fingerprint density at radius 2 is 1.86 bits per heavy atom. The quantitative estimate of drug-likeness (QED) is 0.520. The SMILES string of the molecule is Cc1ccc(C)c(NC(=O)CSc2ccc3nnc(-c4ccccc4)n3n2)c1. The van der Waals surface area contributed by atoms with Crippen molar-refractivity contribution in [2.45, 2.75) is 18.9 Å². The van der Waals surface area contributed by atoms with Crippen LogP contribution in [0.25, 0.3) is 17.0 Å². The highest BCUT2D eigenvalue weighted by Gasteiger charge is 2.11. The summed E-state index contributed by atoms with van der Waals surface area (Å²) in [6.45, 7) is 3.99. The molecule has 7 heteroatoms. The topological polar surface area (TPSA) is 72.2 Å². The molecular formula is C21H19N5OS. The number of fused-ring (bicyclic) bond motifs is 1. The van der Waals surface area contributed by atoms with Crippen LogP contribution < -0.4 is 5.32 Å². The number of anilines is 1. The van der Waals surface area contributed by atoms with Crippen LogP contribution in [0.2, 0.25) is 0 Å². The van der Waals surface area contributed by atoms with Gasteiger partial charge < -0.3 is 5.32 Å². The van der Waals surface area contributed by atoms with Crippen LogP contribution in [0.15, 0.2) is 65.7 Å². The van der Waals surface area contributed by atoms with Crippen LogP contribution >= 0.6 is 11.8 Å². The van der Waals surface area contributed by atoms with E-state index < -0.39 is 0 Å². The van der Waals surface area contributed by atoms with Crippen LogP contribution in [0.3, 0.4) is 0 Å². The fourth-order valence-corrected chi connectivity index (χ4v) is 3.47. The summed E-state index contributed by atoms with van der Waals surface area (Å²) in [7, 11) is 0. The normalized spacial score (nSPS) is 10.9. The lowest BCUT2D eigenvalue weighted by Gasteiger charge is -2.09. The van der Waals surface area contributed by atoms with E-state index in [-0.39, 0.29) is 11.7 Å². The number of aryl methyl sites for hydroxylation is 2. The van der Waals surface area contributed by atoms with Gasteiger partial charge in [0.15, 0.2) is 11.5 Å². The Kier molecular flexibility index (Phi) is 5.08. The molecule has 0 saturated heterocycles. The van der Waals surface area contributed by atoms with E-state index in [4.69, 9.17) is 0 Å². The third-order valence-electron chi connectivity index (χ3n) is 4.29. The highest BCUT2D eigenvalue weighted by atomic mass is 32.2. The molecule has 0 aliphatic rings. The number of nitrogens with zero attached hydrogens (tertiary/aromatic N) is 4. The van der Waals surface area contributed by atoms with Crippen LogP contribution in [-0.4, -0.2) is 31.5 Å². The number of amides is 1. The molecule has 4 aromatic rings. The molecule has 0 aliphatic heterocycles. The number of benzene rings is 2. The Morgan fingerprint density at radius 3 is 2.68 bits per heavy atom. The van der Waals surface area contributed by atoms with E-state index in [1.165, 1.54) is 11.8 Å². The number of nitrogens with one attached hydrogen (secondary N) is 1. The van der Waals surface area contributed by atoms with Gasteiger partial charge in [-0.3, -0.25) is 4.79 Å². The van der Waals surface area contributed by atoms with Crippen LogP contribution in [0.1, 0.15) is 11.1 Å². The Hall–Kier alpha value is -3.19. The second-order valence-electron chi connectivity index (χ2n) is 6.49. The molecule has 28 heavy (non-hydrogen) atoms. The molecule has 0 bridgehead atoms. The van der Waals surface area contributed by atoms with Crippen molar-refractivity contribution in [2.24, 2.45) is 0 Å². The van der Waals surface area contributed by atoms with E-state index >= 15 is 0 Å². The number of carbonyl (C=O) groups is 1. The Labute approximate surface area is 167 Å². The largest absolute Gasteiger partial charge is 0.325 e. The van der Waals surface area contributed by atoms with E-state index in [9.17, 15) is 4.79 Å². The summed E-state index contributed by atoms with van der Waals surface area (Å²) < 4.78 is 1.71. The molecular weight excluding hydrogens is 370 g/mol. The van der Waals surface area contributed by atoms with E-state index in [1.54, 1.807) is 4.52 Å². The monoisotopic (exact) mass is 389 g/mol. The molecule has 2 aromatic carbocycles. The molecule has 1 amide bonds. The first-order valence-electron chi connectivity index (χ1n) is 8.88. The smallest absolute Gasteiger partial charge is 0.234 e. The molecule has 2 heterocycles. The van der Waals surface area contributed by atoms with Crippen molar-refractivity contribution in [3.63, 3.8) is 0 Å². The maximum absolute atomic E-state index is 12.4. The van der Waals surface area contributed by atoms with Crippen molar-refractivity contribution >= 4 is 29.0 Å². The molecule has 0 atom stereocenters. The molecule has 2 aromatic heterocycles. The van der Waals surface area contributed by atoms with Gasteiger partial charge in [0.2, 0.25) is 5.91 Å². The molecule has 0 aliphatic carbocycles. The molecule has 1 N–H and O–H groups in total. The number of thioether (sulfide) groups is 1. The van der Waals surface area contributed by atoms with Crippen LogP contribution in [0.4, 0.5) is 5.69 Å². The Morgan fingerprint density at radius 1 is 1.04 bits per heavy atom. The third kappa shape index (κ3) is 3.89. The Bertz CT molecular complexity index is 1140. The molecule has 140 valence electrons. The van der Waals surface area contributed by atoms with Gasteiger partial charge in [-0.05, 0) is 43.2 Å². The number of hydrogen-bond donors (Lipinski definition) is 1. The predicted molar refractivity (Wildman–Crippen MR) is 111 cm³/mol. The van der Waals surface area contributed by atoms with Crippen molar-refractivity contribution in [3.05, 3.63) is 71.8 Å². The average molecular weight is 389 g/mol. The van der Waals surface area contributed by atoms with Crippen molar-refractivity contribution in [2.75, 3.05) is 11.1 Å². The van der Waals surface area contributed by atoms with Gasteiger partial charge in [0.05, 0.1) is 5.75 Å². The summed E-state index contributed by atoms with van der Waals surface area (Å²) in [6, 6.07) is 19.5. The summed E-state index contributed by atoms with van der Waals surface area (Å²) in [5.74, 6) is 0.889. The first-order valence-corrected chi connectivity index (χ1v) is 9.86. The zero-order valence-corrected chi connectivity index (χ0v) is 16.4. The van der Waals surface area contributed by atoms with Gasteiger partial charge in [0.1, 0.15) is 5.03 Å². The molecule has 4 rings (SSSR count). The standard InChI is InChI=1S/C21H19N5OS/c1-14-8-9-15(2)17(12-14)22-19(27)13-28-20-11-10-18-23-24-21(26(18)25-20)16-6-4-3-5-7-16/h3-12H,13H2,1-2H3,(H,22,27). The number of aromatic nitrogens is 4. The molecule has 0 radical (unpaired) electrons. The van der Waals surface area contributed by atoms with Crippen LogP contribution in [-0.2, 0) is 4.79 Å². The molecule has 0 fully saturated rings. The fourth-order valence-electron chi connectivity index (χ4n) is 2.81. The van der Waals surface area contributed by atoms with Gasteiger partial charge in [0, 0.05) is 11.3 Å². The van der Waals surface area contributed by atoms with Crippen molar-refractivity contribution in [1.29, 1.82) is 0 Å². The Balaban J connectivity index is 1.49. The van der Waals surface area contributed by atoms with Crippen molar-refractivity contribution in [1.82, 2.24) is 19.8 Å². The highest BCUT2D eigenvalue weighted by molar-refractivity contribution is 7.99. The van der Waals surface area contributed by atoms with Gasteiger partial charge in [-0.25, -0.2) is 0 Å². The maximum atomic E-state index is 12.4. The van der Waals surface area contributed by atoms with E-state index in [0.717, 1.165) is 27.4 Å². The van der Waals surface area contributed by atoms with Gasteiger partial charge in [-0.15, -0.1) is 10.2 Å². The lowest BCUT2D eigenvalue weighted by atomic mass is 10.1. The average Bonchev–Trinajstić information content (AvgIpc) is 3.13. The number of carbonyl (C=O) groups excluding carboxylic acids is 1. The van der Waals surface area contributed by atoms with Gasteiger partial charge in [0.25, 0.3) is 0 Å². The fraction of sp³-hybridized carbons (Fsp3) is 0.143. The van der Waals surface area contributed by atoms with Crippen LogP contribution in [0, 0.1) is 13.8 Å². The van der Waals surface area contributed by atoms with E-state index in [1.807, 2.05) is 74.5 Å². The number of hydrogen-bond acceptors (Lipinski definition) is 5. The maximum Gasteiger partial charge on any atom is 0.234 e. The zero-order chi connectivity index (χ0) is 19.5. The summed E-state index contributed by atoms with van der Waals surface area (Å²) in [4.78, 5) is 12.4. The van der Waals surface area contributed by atoms with Crippen molar-refractivity contribution in [3.8, 4) is 11.4 Å². The predicted octanol–water partition coefficient (Wildman–Crippen LogP) is 4.14. The third-order valence-corrected chi connectivity index (χ3v) is 5.21.